The first-order valence-electron chi connectivity index (χ1n) is 5.35. The Hall–Kier alpha value is -0.610. The molecule has 2 unspecified atom stereocenters. The van der Waals surface area contributed by atoms with Gasteiger partial charge < -0.3 is 15.3 Å². The van der Waals surface area contributed by atoms with E-state index in [1.807, 2.05) is 4.90 Å². The molecule has 1 aliphatic rings. The lowest BCUT2D eigenvalue weighted by atomic mass is 10.1. The Balaban J connectivity index is 2.56. The maximum absolute atomic E-state index is 11.9. The molecule has 1 rings (SSSR count). The number of carbonyl (C=O) groups is 1. The Morgan fingerprint density at radius 3 is 3.00 bits per heavy atom. The number of piperazine rings is 1. The average Bonchev–Trinajstić information content (AvgIpc) is 2.20. The second kappa shape index (κ2) is 5.32. The summed E-state index contributed by atoms with van der Waals surface area (Å²) in [5, 5.41) is 11.9. The molecule has 1 saturated heterocycles. The molecule has 0 spiro atoms. The molecule has 1 fully saturated rings. The fraction of sp³-hybridized carbons (Fsp3) is 0.900. The summed E-state index contributed by atoms with van der Waals surface area (Å²) in [7, 11) is 0. The van der Waals surface area contributed by atoms with Crippen LogP contribution < -0.4 is 5.32 Å². The Morgan fingerprint density at radius 2 is 2.43 bits per heavy atom. The minimum atomic E-state index is -0.178. The number of hydrogen-bond acceptors (Lipinski definition) is 3. The van der Waals surface area contributed by atoms with Gasteiger partial charge in [-0.1, -0.05) is 6.92 Å². The van der Waals surface area contributed by atoms with Crippen molar-refractivity contribution in [2.24, 2.45) is 0 Å². The number of hydrogen-bond donors (Lipinski definition) is 2. The van der Waals surface area contributed by atoms with Crippen molar-refractivity contribution in [3.05, 3.63) is 0 Å². The monoisotopic (exact) mass is 200 g/mol. The second-order valence-corrected chi connectivity index (χ2v) is 3.81. The van der Waals surface area contributed by atoms with Crippen LogP contribution >= 0.6 is 0 Å². The van der Waals surface area contributed by atoms with Gasteiger partial charge in [0.1, 0.15) is 0 Å². The van der Waals surface area contributed by atoms with E-state index in [1.165, 1.54) is 0 Å². The molecule has 4 nitrogen and oxygen atoms in total. The van der Waals surface area contributed by atoms with E-state index in [0.29, 0.717) is 12.5 Å². The van der Waals surface area contributed by atoms with E-state index in [2.05, 4.69) is 19.2 Å². The van der Waals surface area contributed by atoms with Gasteiger partial charge in [-0.05, 0) is 19.8 Å². The first-order chi connectivity index (χ1) is 6.70. The van der Waals surface area contributed by atoms with Crippen molar-refractivity contribution >= 4 is 5.91 Å². The van der Waals surface area contributed by atoms with Gasteiger partial charge in [-0.2, -0.15) is 0 Å². The van der Waals surface area contributed by atoms with E-state index >= 15 is 0 Å². The normalized spacial score (nSPS) is 25.2. The predicted octanol–water partition coefficient (Wildman–Crippen LogP) is -0.0323. The zero-order chi connectivity index (χ0) is 10.6. The molecule has 1 heterocycles. The van der Waals surface area contributed by atoms with Crippen LogP contribution in [0.4, 0.5) is 0 Å². The van der Waals surface area contributed by atoms with Gasteiger partial charge in [0, 0.05) is 25.7 Å². The van der Waals surface area contributed by atoms with Crippen LogP contribution in [0.15, 0.2) is 0 Å². The van der Waals surface area contributed by atoms with Gasteiger partial charge in [-0.15, -0.1) is 0 Å². The van der Waals surface area contributed by atoms with Crippen LogP contribution in [-0.4, -0.2) is 47.7 Å². The predicted molar refractivity (Wildman–Crippen MR) is 55.0 cm³/mol. The fourth-order valence-corrected chi connectivity index (χ4v) is 1.77. The third kappa shape index (κ3) is 2.45. The van der Waals surface area contributed by atoms with Crippen molar-refractivity contribution in [1.82, 2.24) is 10.2 Å². The van der Waals surface area contributed by atoms with Crippen LogP contribution in [0.5, 0.6) is 0 Å². The molecule has 4 heteroatoms. The molecule has 0 saturated carbocycles. The molecule has 0 aliphatic carbocycles. The Bertz CT molecular complexity index is 195. The molecule has 82 valence electrons. The fourth-order valence-electron chi connectivity index (χ4n) is 1.77. The third-order valence-corrected chi connectivity index (χ3v) is 2.87. The molecule has 0 radical (unpaired) electrons. The lowest BCUT2D eigenvalue weighted by Gasteiger charge is -2.36. The number of aliphatic hydroxyl groups excluding tert-OH is 1. The molecule has 0 aromatic rings. The topological polar surface area (TPSA) is 52.6 Å². The van der Waals surface area contributed by atoms with Crippen molar-refractivity contribution in [1.29, 1.82) is 0 Å². The summed E-state index contributed by atoms with van der Waals surface area (Å²) in [5.41, 5.74) is 0. The average molecular weight is 200 g/mol. The van der Waals surface area contributed by atoms with Gasteiger partial charge in [0.15, 0.2) is 0 Å². The second-order valence-electron chi connectivity index (χ2n) is 3.81. The summed E-state index contributed by atoms with van der Waals surface area (Å²) in [4.78, 5) is 13.8. The Labute approximate surface area is 85.3 Å². The number of nitrogens with zero attached hydrogens (tertiary/aromatic N) is 1. The van der Waals surface area contributed by atoms with Crippen LogP contribution in [0.3, 0.4) is 0 Å². The summed E-state index contributed by atoms with van der Waals surface area (Å²) < 4.78 is 0. The van der Waals surface area contributed by atoms with Gasteiger partial charge in [0.2, 0.25) is 5.91 Å². The van der Waals surface area contributed by atoms with Gasteiger partial charge >= 0.3 is 0 Å². The molecule has 14 heavy (non-hydrogen) atoms. The van der Waals surface area contributed by atoms with Crippen molar-refractivity contribution in [2.45, 2.75) is 38.8 Å². The number of aliphatic hydroxyl groups is 1. The maximum Gasteiger partial charge on any atom is 0.240 e. The highest BCUT2D eigenvalue weighted by molar-refractivity contribution is 5.82. The highest BCUT2D eigenvalue weighted by Gasteiger charge is 2.29. The zero-order valence-electron chi connectivity index (χ0n) is 8.99. The molecule has 2 atom stereocenters. The lowest BCUT2D eigenvalue weighted by molar-refractivity contribution is -0.138. The first-order valence-corrected chi connectivity index (χ1v) is 5.35. The highest BCUT2D eigenvalue weighted by Crippen LogP contribution is 2.10. The van der Waals surface area contributed by atoms with Crippen molar-refractivity contribution in [3.8, 4) is 0 Å². The number of amides is 1. The number of nitrogens with one attached hydrogen (secondary N) is 1. The Kier molecular flexibility index (Phi) is 4.35. The van der Waals surface area contributed by atoms with Gasteiger partial charge in [0.05, 0.1) is 6.04 Å². The molecule has 0 aromatic heterocycles. The van der Waals surface area contributed by atoms with Crippen LogP contribution in [0.1, 0.15) is 26.7 Å². The lowest BCUT2D eigenvalue weighted by Crippen LogP contribution is -2.57. The van der Waals surface area contributed by atoms with Crippen LogP contribution in [0.25, 0.3) is 0 Å². The minimum absolute atomic E-state index is 0.0672. The van der Waals surface area contributed by atoms with Gasteiger partial charge in [0.25, 0.3) is 0 Å². The highest BCUT2D eigenvalue weighted by atomic mass is 16.3. The van der Waals surface area contributed by atoms with Crippen molar-refractivity contribution in [3.63, 3.8) is 0 Å². The van der Waals surface area contributed by atoms with Crippen LogP contribution in [-0.2, 0) is 4.79 Å². The SMILES string of the molecule is CCC(C)N1CCNC(CCO)C1=O. The van der Waals surface area contributed by atoms with Gasteiger partial charge in [-0.3, -0.25) is 4.79 Å². The summed E-state index contributed by atoms with van der Waals surface area (Å²) in [5.74, 6) is 0.139. The standard InChI is InChI=1S/C10H20N2O2/c1-3-8(2)12-6-5-11-9(4-7-13)10(12)14/h8-9,11,13H,3-7H2,1-2H3. The zero-order valence-corrected chi connectivity index (χ0v) is 8.99. The molecule has 0 aromatic carbocycles. The van der Waals surface area contributed by atoms with Crippen molar-refractivity contribution in [2.75, 3.05) is 19.7 Å². The molecular formula is C10H20N2O2. The number of rotatable bonds is 4. The minimum Gasteiger partial charge on any atom is -0.396 e. The quantitative estimate of drug-likeness (QED) is 0.670. The molecule has 1 aliphatic heterocycles. The van der Waals surface area contributed by atoms with E-state index in [4.69, 9.17) is 5.11 Å². The Morgan fingerprint density at radius 1 is 1.71 bits per heavy atom. The van der Waals surface area contributed by atoms with E-state index in [9.17, 15) is 4.79 Å². The summed E-state index contributed by atoms with van der Waals surface area (Å²) in [6, 6.07) is 0.133. The smallest absolute Gasteiger partial charge is 0.240 e. The summed E-state index contributed by atoms with van der Waals surface area (Å²) >= 11 is 0. The number of carbonyl (C=O) groups excluding carboxylic acids is 1. The largest absolute Gasteiger partial charge is 0.396 e. The van der Waals surface area contributed by atoms with Crippen LogP contribution in [0, 0.1) is 0 Å². The maximum atomic E-state index is 11.9. The first kappa shape index (κ1) is 11.5. The molecule has 2 N–H and O–H groups in total. The van der Waals surface area contributed by atoms with E-state index in [1.54, 1.807) is 0 Å². The molecule has 0 bridgehead atoms. The summed E-state index contributed by atoms with van der Waals surface area (Å²) in [6.07, 6.45) is 1.50. The summed E-state index contributed by atoms with van der Waals surface area (Å²) in [6.45, 7) is 5.84. The molecule has 1 amide bonds. The van der Waals surface area contributed by atoms with Crippen molar-refractivity contribution < 1.29 is 9.90 Å². The molecular weight excluding hydrogens is 180 g/mol. The van der Waals surface area contributed by atoms with E-state index < -0.39 is 0 Å². The van der Waals surface area contributed by atoms with E-state index in [0.717, 1.165) is 19.5 Å². The van der Waals surface area contributed by atoms with E-state index in [-0.39, 0.29) is 18.6 Å². The van der Waals surface area contributed by atoms with Gasteiger partial charge in [-0.25, -0.2) is 0 Å². The third-order valence-electron chi connectivity index (χ3n) is 2.87. The van der Waals surface area contributed by atoms with Crippen LogP contribution in [0.2, 0.25) is 0 Å².